The summed E-state index contributed by atoms with van der Waals surface area (Å²) in [6.07, 6.45) is 0. The molecule has 0 radical (unpaired) electrons. The van der Waals surface area contributed by atoms with Crippen LogP contribution in [0.2, 0.25) is 0 Å². The van der Waals surface area contributed by atoms with Crippen LogP contribution >= 0.6 is 11.3 Å². The first-order valence-electron chi connectivity index (χ1n) is 6.79. The molecule has 0 amide bonds. The van der Waals surface area contributed by atoms with E-state index in [1.807, 2.05) is 48.0 Å². The van der Waals surface area contributed by atoms with E-state index in [1.54, 1.807) is 17.4 Å². The zero-order chi connectivity index (χ0) is 15.5. The maximum atomic E-state index is 12.0. The molecular formula is C17H15N3OS. The molecule has 0 aliphatic rings. The number of hydrogen-bond donors (Lipinski definition) is 2. The highest BCUT2D eigenvalue weighted by atomic mass is 32.1. The fraction of sp³-hybridized carbons (Fsp3) is 0.0588. The second-order valence-corrected chi connectivity index (χ2v) is 5.71. The van der Waals surface area contributed by atoms with Crippen molar-refractivity contribution in [3.05, 3.63) is 75.2 Å². The van der Waals surface area contributed by atoms with Gasteiger partial charge in [0.05, 0.1) is 11.3 Å². The Labute approximate surface area is 132 Å². The SMILES string of the molecule is C=C(Nc1ccccc1C)c1cc(-c2ccsc2)n[nH]c1=O. The molecule has 22 heavy (non-hydrogen) atoms. The van der Waals surface area contributed by atoms with Gasteiger partial charge in [-0.1, -0.05) is 24.8 Å². The van der Waals surface area contributed by atoms with Crippen LogP contribution in [-0.2, 0) is 0 Å². The summed E-state index contributed by atoms with van der Waals surface area (Å²) in [5, 5.41) is 13.8. The molecule has 3 aromatic rings. The first-order chi connectivity index (χ1) is 10.6. The minimum Gasteiger partial charge on any atom is -0.355 e. The third-order valence-corrected chi connectivity index (χ3v) is 4.06. The lowest BCUT2D eigenvalue weighted by Crippen LogP contribution is -2.16. The van der Waals surface area contributed by atoms with Gasteiger partial charge in [0.2, 0.25) is 0 Å². The molecule has 3 rings (SSSR count). The number of para-hydroxylation sites is 1. The molecule has 5 heteroatoms. The van der Waals surface area contributed by atoms with E-state index in [4.69, 9.17) is 0 Å². The van der Waals surface area contributed by atoms with Gasteiger partial charge in [-0.15, -0.1) is 0 Å². The third-order valence-electron chi connectivity index (χ3n) is 3.38. The van der Waals surface area contributed by atoms with E-state index in [9.17, 15) is 4.79 Å². The lowest BCUT2D eigenvalue weighted by Gasteiger charge is -2.12. The molecule has 1 aromatic carbocycles. The average molecular weight is 309 g/mol. The van der Waals surface area contributed by atoms with Crippen LogP contribution in [0.5, 0.6) is 0 Å². The van der Waals surface area contributed by atoms with Crippen molar-refractivity contribution in [1.82, 2.24) is 10.2 Å². The predicted molar refractivity (Wildman–Crippen MR) is 92.0 cm³/mol. The molecule has 4 nitrogen and oxygen atoms in total. The van der Waals surface area contributed by atoms with Crippen LogP contribution in [-0.4, -0.2) is 10.2 Å². The Hall–Kier alpha value is -2.66. The Kier molecular flexibility index (Phi) is 3.89. The fourth-order valence-electron chi connectivity index (χ4n) is 2.13. The lowest BCUT2D eigenvalue weighted by molar-refractivity contribution is 0.988. The van der Waals surface area contributed by atoms with Gasteiger partial charge >= 0.3 is 0 Å². The molecule has 0 spiro atoms. The van der Waals surface area contributed by atoms with E-state index in [-0.39, 0.29) is 5.56 Å². The molecule has 0 unspecified atom stereocenters. The molecule has 0 saturated carbocycles. The van der Waals surface area contributed by atoms with Crippen molar-refractivity contribution in [2.75, 3.05) is 5.32 Å². The maximum absolute atomic E-state index is 12.0. The largest absolute Gasteiger partial charge is 0.355 e. The van der Waals surface area contributed by atoms with E-state index in [0.29, 0.717) is 11.3 Å². The van der Waals surface area contributed by atoms with Crippen LogP contribution in [0, 0.1) is 6.92 Å². The minimum absolute atomic E-state index is 0.259. The Morgan fingerprint density at radius 2 is 2.14 bits per heavy atom. The number of H-pyrrole nitrogens is 1. The number of rotatable bonds is 4. The number of thiophene rings is 1. The summed E-state index contributed by atoms with van der Waals surface area (Å²) < 4.78 is 0. The van der Waals surface area contributed by atoms with Crippen molar-refractivity contribution in [3.63, 3.8) is 0 Å². The van der Waals surface area contributed by atoms with E-state index >= 15 is 0 Å². The standard InChI is InChI=1S/C17H15N3OS/c1-11-5-3-4-6-15(11)18-12(2)14-9-16(19-20-17(14)21)13-7-8-22-10-13/h3-10,18H,2H2,1H3,(H,20,21). The van der Waals surface area contributed by atoms with Gasteiger partial charge in [-0.25, -0.2) is 5.10 Å². The van der Waals surface area contributed by atoms with Crippen LogP contribution in [0.25, 0.3) is 17.0 Å². The monoisotopic (exact) mass is 309 g/mol. The van der Waals surface area contributed by atoms with Crippen LogP contribution in [0.1, 0.15) is 11.1 Å². The number of benzene rings is 1. The molecular weight excluding hydrogens is 294 g/mol. The number of nitrogens with one attached hydrogen (secondary N) is 2. The molecule has 2 N–H and O–H groups in total. The second-order valence-electron chi connectivity index (χ2n) is 4.93. The Balaban J connectivity index is 1.94. The highest BCUT2D eigenvalue weighted by Gasteiger charge is 2.09. The average Bonchev–Trinajstić information content (AvgIpc) is 3.04. The molecule has 0 bridgehead atoms. The van der Waals surface area contributed by atoms with Gasteiger partial charge in [0.25, 0.3) is 5.56 Å². The Morgan fingerprint density at radius 1 is 1.32 bits per heavy atom. The van der Waals surface area contributed by atoms with E-state index in [2.05, 4.69) is 22.1 Å². The Bertz CT molecular complexity index is 866. The van der Waals surface area contributed by atoms with Gasteiger partial charge < -0.3 is 5.32 Å². The lowest BCUT2D eigenvalue weighted by atomic mass is 10.1. The fourth-order valence-corrected chi connectivity index (χ4v) is 2.78. The van der Waals surface area contributed by atoms with Crippen molar-refractivity contribution in [1.29, 1.82) is 0 Å². The van der Waals surface area contributed by atoms with Crippen molar-refractivity contribution in [2.45, 2.75) is 6.92 Å². The van der Waals surface area contributed by atoms with Gasteiger partial charge in [0, 0.05) is 22.3 Å². The molecule has 0 saturated heterocycles. The Morgan fingerprint density at radius 3 is 2.86 bits per heavy atom. The van der Waals surface area contributed by atoms with Gasteiger partial charge in [0.15, 0.2) is 0 Å². The summed E-state index contributed by atoms with van der Waals surface area (Å²) >= 11 is 1.59. The van der Waals surface area contributed by atoms with Crippen LogP contribution < -0.4 is 10.9 Å². The third kappa shape index (κ3) is 2.84. The summed E-state index contributed by atoms with van der Waals surface area (Å²) in [6.45, 7) is 5.99. The topological polar surface area (TPSA) is 57.8 Å². The van der Waals surface area contributed by atoms with E-state index in [0.717, 1.165) is 22.5 Å². The van der Waals surface area contributed by atoms with Crippen molar-refractivity contribution in [2.24, 2.45) is 0 Å². The summed E-state index contributed by atoms with van der Waals surface area (Å²) in [6, 6.07) is 11.6. The van der Waals surface area contributed by atoms with Gasteiger partial charge in [-0.3, -0.25) is 4.79 Å². The summed E-state index contributed by atoms with van der Waals surface area (Å²) in [4.78, 5) is 12.0. The molecule has 110 valence electrons. The van der Waals surface area contributed by atoms with Crippen molar-refractivity contribution >= 4 is 22.7 Å². The summed E-state index contributed by atoms with van der Waals surface area (Å²) in [7, 11) is 0. The zero-order valence-electron chi connectivity index (χ0n) is 12.1. The van der Waals surface area contributed by atoms with Crippen LogP contribution in [0.3, 0.4) is 0 Å². The second kappa shape index (κ2) is 5.99. The number of hydrogen-bond acceptors (Lipinski definition) is 4. The predicted octanol–water partition coefficient (Wildman–Crippen LogP) is 3.89. The molecule has 0 aliphatic heterocycles. The van der Waals surface area contributed by atoms with Crippen molar-refractivity contribution in [3.8, 4) is 11.3 Å². The summed E-state index contributed by atoms with van der Waals surface area (Å²) in [5.41, 5.74) is 4.50. The normalized spacial score (nSPS) is 10.4. The zero-order valence-corrected chi connectivity index (χ0v) is 12.9. The number of aromatic nitrogens is 2. The molecule has 2 aromatic heterocycles. The van der Waals surface area contributed by atoms with E-state index in [1.165, 1.54) is 0 Å². The van der Waals surface area contributed by atoms with Crippen LogP contribution in [0.4, 0.5) is 5.69 Å². The number of anilines is 1. The molecule has 2 heterocycles. The van der Waals surface area contributed by atoms with E-state index < -0.39 is 0 Å². The van der Waals surface area contributed by atoms with Crippen LogP contribution in [0.15, 0.2) is 58.5 Å². The molecule has 0 aliphatic carbocycles. The van der Waals surface area contributed by atoms with Crippen molar-refractivity contribution < 1.29 is 0 Å². The molecule has 0 fully saturated rings. The highest BCUT2D eigenvalue weighted by molar-refractivity contribution is 7.08. The summed E-state index contributed by atoms with van der Waals surface area (Å²) in [5.74, 6) is 0. The minimum atomic E-state index is -0.259. The van der Waals surface area contributed by atoms with Gasteiger partial charge in [-0.05, 0) is 36.1 Å². The first-order valence-corrected chi connectivity index (χ1v) is 7.73. The number of aryl methyl sites for hydroxylation is 1. The maximum Gasteiger partial charge on any atom is 0.273 e. The van der Waals surface area contributed by atoms with Gasteiger partial charge in [-0.2, -0.15) is 16.4 Å². The number of nitrogens with zero attached hydrogens (tertiary/aromatic N) is 1. The first kappa shape index (κ1) is 14.3. The smallest absolute Gasteiger partial charge is 0.273 e. The van der Waals surface area contributed by atoms with Gasteiger partial charge in [0.1, 0.15) is 0 Å². The molecule has 0 atom stereocenters. The number of aromatic amines is 1. The quantitative estimate of drug-likeness (QED) is 0.768. The highest BCUT2D eigenvalue weighted by Crippen LogP contribution is 2.22.